The third kappa shape index (κ3) is 2.80. The first-order valence-corrected chi connectivity index (χ1v) is 5.47. The molecular weight excluding hydrogens is 264 g/mol. The molecule has 8 heteroatoms. The lowest BCUT2D eigenvalue weighted by atomic mass is 10.2. The van der Waals surface area contributed by atoms with E-state index in [1.165, 1.54) is 0 Å². The largest absolute Gasteiger partial charge is 0.438 e. The second-order valence-corrected chi connectivity index (χ2v) is 3.70. The maximum Gasteiger partial charge on any atom is 0.288 e. The summed E-state index contributed by atoms with van der Waals surface area (Å²) in [7, 11) is 0. The lowest BCUT2D eigenvalue weighted by molar-refractivity contribution is -0.385. The van der Waals surface area contributed by atoms with E-state index in [0.29, 0.717) is 5.75 Å². The van der Waals surface area contributed by atoms with Crippen LogP contribution in [0.5, 0.6) is 11.6 Å². The van der Waals surface area contributed by atoms with Crippen LogP contribution in [0.2, 0.25) is 0 Å². The third-order valence-corrected chi connectivity index (χ3v) is 2.39. The minimum Gasteiger partial charge on any atom is -0.438 e. The van der Waals surface area contributed by atoms with Gasteiger partial charge in [-0.25, -0.2) is 4.98 Å². The number of hydrogen-bond donors (Lipinski definition) is 2. The van der Waals surface area contributed by atoms with E-state index in [2.05, 4.69) is 10.1 Å². The molecule has 8 nitrogen and oxygen atoms in total. The third-order valence-electron chi connectivity index (χ3n) is 2.39. The molecule has 0 radical (unpaired) electrons. The summed E-state index contributed by atoms with van der Waals surface area (Å²) >= 11 is 0. The fourth-order valence-electron chi connectivity index (χ4n) is 1.46. The van der Waals surface area contributed by atoms with Crippen LogP contribution in [-0.2, 0) is 0 Å². The fraction of sp³-hybridized carbons (Fsp3) is 0. The average Bonchev–Trinajstić information content (AvgIpc) is 2.47. The monoisotopic (exact) mass is 274 g/mol. The first-order chi connectivity index (χ1) is 9.61. The molecule has 0 aliphatic rings. The number of hydrogen-bond acceptors (Lipinski definition) is 6. The Kier molecular flexibility index (Phi) is 3.75. The van der Waals surface area contributed by atoms with Crippen LogP contribution in [-0.4, -0.2) is 21.0 Å². The van der Waals surface area contributed by atoms with Gasteiger partial charge in [-0.2, -0.15) is 0 Å². The molecule has 102 valence electrons. The highest BCUT2D eigenvalue weighted by Gasteiger charge is 2.17. The van der Waals surface area contributed by atoms with E-state index in [4.69, 9.17) is 15.7 Å². The van der Waals surface area contributed by atoms with Gasteiger partial charge in [-0.15, -0.1) is 0 Å². The highest BCUT2D eigenvalue weighted by atomic mass is 16.6. The minimum atomic E-state index is -0.631. The molecule has 1 aromatic carbocycles. The topological polar surface area (TPSA) is 124 Å². The SMILES string of the molecule is NC(=NO)c1cc([N+](=O)[O-])cnc1Oc1ccccc1. The molecule has 0 saturated heterocycles. The fourth-order valence-corrected chi connectivity index (χ4v) is 1.46. The minimum absolute atomic E-state index is 0.0112. The molecule has 0 aliphatic carbocycles. The molecule has 0 fully saturated rings. The van der Waals surface area contributed by atoms with Crippen molar-refractivity contribution in [2.75, 3.05) is 0 Å². The van der Waals surface area contributed by atoms with E-state index >= 15 is 0 Å². The van der Waals surface area contributed by atoms with E-state index in [-0.39, 0.29) is 23.0 Å². The summed E-state index contributed by atoms with van der Waals surface area (Å²) in [5, 5.41) is 22.2. The quantitative estimate of drug-likeness (QED) is 0.288. The predicted octanol–water partition coefficient (Wildman–Crippen LogP) is 1.88. The standard InChI is InChI=1S/C12H10N4O4/c13-11(15-17)10-6-8(16(18)19)7-14-12(10)20-9-4-2-1-3-5-9/h1-7,17H,(H2,13,15). The summed E-state index contributed by atoms with van der Waals surface area (Å²) in [5.74, 6) is 0.157. The van der Waals surface area contributed by atoms with Gasteiger partial charge in [0.2, 0.25) is 5.88 Å². The first kappa shape index (κ1) is 13.3. The van der Waals surface area contributed by atoms with Crippen LogP contribution in [0.4, 0.5) is 5.69 Å². The highest BCUT2D eigenvalue weighted by Crippen LogP contribution is 2.25. The Bertz CT molecular complexity index is 658. The molecule has 0 aliphatic heterocycles. The van der Waals surface area contributed by atoms with Crippen LogP contribution in [0.1, 0.15) is 5.56 Å². The molecule has 1 aromatic heterocycles. The van der Waals surface area contributed by atoms with Gasteiger partial charge < -0.3 is 15.7 Å². The smallest absolute Gasteiger partial charge is 0.288 e. The second kappa shape index (κ2) is 5.65. The number of nitrogens with zero attached hydrogens (tertiary/aromatic N) is 3. The summed E-state index contributed by atoms with van der Waals surface area (Å²) in [6.45, 7) is 0. The normalized spacial score (nSPS) is 11.1. The van der Waals surface area contributed by atoms with Gasteiger partial charge in [0, 0.05) is 6.07 Å². The maximum absolute atomic E-state index is 10.7. The number of rotatable bonds is 4. The van der Waals surface area contributed by atoms with Gasteiger partial charge in [0.05, 0.1) is 10.5 Å². The van der Waals surface area contributed by atoms with Crippen LogP contribution >= 0.6 is 0 Å². The van der Waals surface area contributed by atoms with Crippen molar-refractivity contribution in [3.8, 4) is 11.6 Å². The van der Waals surface area contributed by atoms with E-state index in [1.807, 2.05) is 0 Å². The van der Waals surface area contributed by atoms with Gasteiger partial charge in [0.25, 0.3) is 5.69 Å². The Morgan fingerprint density at radius 1 is 1.40 bits per heavy atom. The number of nitrogens with two attached hydrogens (primary N) is 1. The Balaban J connectivity index is 2.44. The van der Waals surface area contributed by atoms with Gasteiger partial charge in [-0.3, -0.25) is 10.1 Å². The number of benzene rings is 1. The number of ether oxygens (including phenoxy) is 1. The molecule has 0 spiro atoms. The molecule has 2 aromatic rings. The maximum atomic E-state index is 10.7. The predicted molar refractivity (Wildman–Crippen MR) is 69.9 cm³/mol. The molecule has 0 atom stereocenters. The van der Waals surface area contributed by atoms with Crippen molar-refractivity contribution in [3.05, 3.63) is 58.3 Å². The summed E-state index contributed by atoms with van der Waals surface area (Å²) in [6, 6.07) is 9.80. The van der Waals surface area contributed by atoms with Crippen molar-refractivity contribution >= 4 is 11.5 Å². The van der Waals surface area contributed by atoms with Crippen LogP contribution in [0.15, 0.2) is 47.8 Å². The van der Waals surface area contributed by atoms with Gasteiger partial charge in [-0.1, -0.05) is 23.4 Å². The summed E-state index contributed by atoms with van der Waals surface area (Å²) < 4.78 is 5.46. The molecule has 0 saturated carbocycles. The van der Waals surface area contributed by atoms with Crippen LogP contribution in [0, 0.1) is 10.1 Å². The first-order valence-electron chi connectivity index (χ1n) is 5.47. The second-order valence-electron chi connectivity index (χ2n) is 3.70. The molecule has 2 rings (SSSR count). The molecule has 0 unspecified atom stereocenters. The Hall–Kier alpha value is -3.16. The van der Waals surface area contributed by atoms with Gasteiger partial charge in [0.1, 0.15) is 11.9 Å². The number of aromatic nitrogens is 1. The average molecular weight is 274 g/mol. The van der Waals surface area contributed by atoms with E-state index in [0.717, 1.165) is 12.3 Å². The Morgan fingerprint density at radius 2 is 2.10 bits per heavy atom. The molecule has 20 heavy (non-hydrogen) atoms. The number of pyridine rings is 1. The lowest BCUT2D eigenvalue weighted by Crippen LogP contribution is -2.15. The van der Waals surface area contributed by atoms with Crippen molar-refractivity contribution in [3.63, 3.8) is 0 Å². The Labute approximate surface area is 113 Å². The van der Waals surface area contributed by atoms with Gasteiger partial charge >= 0.3 is 0 Å². The zero-order valence-corrected chi connectivity index (χ0v) is 10.1. The number of para-hydroxylation sites is 1. The van der Waals surface area contributed by atoms with Crippen LogP contribution in [0.3, 0.4) is 0 Å². The van der Waals surface area contributed by atoms with Crippen molar-refractivity contribution in [2.45, 2.75) is 0 Å². The van der Waals surface area contributed by atoms with Crippen LogP contribution in [0.25, 0.3) is 0 Å². The van der Waals surface area contributed by atoms with Gasteiger partial charge in [0.15, 0.2) is 5.84 Å². The van der Waals surface area contributed by atoms with E-state index < -0.39 is 4.92 Å². The molecule has 1 heterocycles. The lowest BCUT2D eigenvalue weighted by Gasteiger charge is -2.08. The van der Waals surface area contributed by atoms with Crippen LogP contribution < -0.4 is 10.5 Å². The van der Waals surface area contributed by atoms with Crippen molar-refractivity contribution in [2.24, 2.45) is 10.9 Å². The summed E-state index contributed by atoms with van der Waals surface area (Å²) in [4.78, 5) is 13.9. The highest BCUT2D eigenvalue weighted by molar-refractivity contribution is 5.99. The molecule has 3 N–H and O–H groups in total. The van der Waals surface area contributed by atoms with E-state index in [1.54, 1.807) is 30.3 Å². The Morgan fingerprint density at radius 3 is 2.70 bits per heavy atom. The van der Waals surface area contributed by atoms with Crippen molar-refractivity contribution in [1.82, 2.24) is 4.98 Å². The zero-order valence-electron chi connectivity index (χ0n) is 10.1. The number of amidine groups is 1. The van der Waals surface area contributed by atoms with Crippen molar-refractivity contribution in [1.29, 1.82) is 0 Å². The molecule has 0 amide bonds. The number of oxime groups is 1. The van der Waals surface area contributed by atoms with Gasteiger partial charge in [-0.05, 0) is 12.1 Å². The summed E-state index contributed by atoms with van der Waals surface area (Å²) in [6.07, 6.45) is 1.03. The molecule has 0 bridgehead atoms. The van der Waals surface area contributed by atoms with Crippen molar-refractivity contribution < 1.29 is 14.9 Å². The zero-order chi connectivity index (χ0) is 14.5. The van der Waals surface area contributed by atoms with E-state index in [9.17, 15) is 10.1 Å². The summed E-state index contributed by atoms with van der Waals surface area (Å²) in [5.41, 5.74) is 5.22. The number of nitro groups is 1. The molecular formula is C12H10N4O4.